The average Bonchev–Trinajstić information content (AvgIpc) is 2.59. The first-order valence-corrected chi connectivity index (χ1v) is 9.79. The summed E-state index contributed by atoms with van der Waals surface area (Å²) in [6.45, 7) is 0.118. The lowest BCUT2D eigenvalue weighted by Crippen LogP contribution is -2.35. The maximum absolute atomic E-state index is 12.5. The summed E-state index contributed by atoms with van der Waals surface area (Å²) in [5.41, 5.74) is -4.61. The molecule has 1 aliphatic carbocycles. The summed E-state index contributed by atoms with van der Waals surface area (Å²) in [5, 5.41) is 0. The Balaban J connectivity index is 1.85. The van der Waals surface area contributed by atoms with Crippen molar-refractivity contribution in [3.8, 4) is 0 Å². The second kappa shape index (κ2) is 8.85. The topological polar surface area (TPSA) is 69.7 Å². The normalized spacial score (nSPS) is 21.3. The van der Waals surface area contributed by atoms with Gasteiger partial charge >= 0.3 is 21.6 Å². The highest BCUT2D eigenvalue weighted by molar-refractivity contribution is 7.87. The van der Waals surface area contributed by atoms with Crippen LogP contribution in [0.15, 0.2) is 30.3 Å². The van der Waals surface area contributed by atoms with Crippen molar-refractivity contribution in [3.05, 3.63) is 35.9 Å². The van der Waals surface area contributed by atoms with Gasteiger partial charge in [-0.15, -0.1) is 0 Å². The highest BCUT2D eigenvalue weighted by atomic mass is 32.2. The smallest absolute Gasteiger partial charge is 0.461 e. The van der Waals surface area contributed by atoms with Crippen molar-refractivity contribution in [1.82, 2.24) is 0 Å². The molecular formula is C17H21F3O5S. The standard InChI is InChI=1S/C17H21F3O5S/c18-17(19,20)26(22,23)25-15-9-5-4-8-14(15)10-11-16(21)24-12-13-6-2-1-3-7-13/h1-3,6-7,14-15H,4-5,8-12H2. The van der Waals surface area contributed by atoms with E-state index in [9.17, 15) is 26.4 Å². The molecule has 0 N–H and O–H groups in total. The lowest BCUT2D eigenvalue weighted by Gasteiger charge is -2.30. The van der Waals surface area contributed by atoms with Gasteiger partial charge in [0.15, 0.2) is 0 Å². The van der Waals surface area contributed by atoms with Crippen molar-refractivity contribution in [3.63, 3.8) is 0 Å². The third kappa shape index (κ3) is 5.98. The average molecular weight is 394 g/mol. The van der Waals surface area contributed by atoms with Gasteiger partial charge in [0.2, 0.25) is 0 Å². The fraction of sp³-hybridized carbons (Fsp3) is 0.588. The van der Waals surface area contributed by atoms with Gasteiger partial charge in [0.05, 0.1) is 6.10 Å². The van der Waals surface area contributed by atoms with E-state index >= 15 is 0 Å². The van der Waals surface area contributed by atoms with E-state index in [2.05, 4.69) is 4.18 Å². The fourth-order valence-corrected chi connectivity index (χ4v) is 3.65. The summed E-state index contributed by atoms with van der Waals surface area (Å²) in [5.74, 6) is -0.901. The molecule has 5 nitrogen and oxygen atoms in total. The molecule has 2 atom stereocenters. The van der Waals surface area contributed by atoms with Crippen LogP contribution < -0.4 is 0 Å². The molecule has 0 amide bonds. The highest BCUT2D eigenvalue weighted by Gasteiger charge is 2.49. The summed E-state index contributed by atoms with van der Waals surface area (Å²) in [4.78, 5) is 11.8. The third-order valence-corrected chi connectivity index (χ3v) is 5.40. The van der Waals surface area contributed by atoms with Crippen LogP contribution in [0.5, 0.6) is 0 Å². The zero-order chi connectivity index (χ0) is 19.2. The molecule has 1 fully saturated rings. The third-order valence-electron chi connectivity index (χ3n) is 4.33. The molecule has 146 valence electrons. The molecule has 0 aromatic heterocycles. The molecule has 2 rings (SSSR count). The van der Waals surface area contributed by atoms with Gasteiger partial charge in [0.1, 0.15) is 6.61 Å². The van der Waals surface area contributed by atoms with Crippen molar-refractivity contribution in [2.75, 3.05) is 0 Å². The van der Waals surface area contributed by atoms with Gasteiger partial charge in [0, 0.05) is 6.42 Å². The van der Waals surface area contributed by atoms with Crippen LogP contribution in [0.25, 0.3) is 0 Å². The lowest BCUT2D eigenvalue weighted by atomic mass is 9.83. The molecule has 0 heterocycles. The minimum atomic E-state index is -5.63. The van der Waals surface area contributed by atoms with Crippen LogP contribution in [-0.4, -0.2) is 26.0 Å². The molecule has 9 heteroatoms. The molecule has 1 aliphatic rings. The summed E-state index contributed by atoms with van der Waals surface area (Å²) in [6.07, 6.45) is 1.26. The number of carbonyl (C=O) groups is 1. The van der Waals surface area contributed by atoms with Crippen LogP contribution in [-0.2, 0) is 30.4 Å². The lowest BCUT2D eigenvalue weighted by molar-refractivity contribution is -0.145. The zero-order valence-corrected chi connectivity index (χ0v) is 14.9. The number of benzene rings is 1. The number of alkyl halides is 3. The van der Waals surface area contributed by atoms with Gasteiger partial charge in [-0.2, -0.15) is 21.6 Å². The Kier molecular flexibility index (Phi) is 7.05. The molecule has 0 radical (unpaired) electrons. The second-order valence-electron chi connectivity index (χ2n) is 6.26. The van der Waals surface area contributed by atoms with Gasteiger partial charge in [-0.05, 0) is 30.7 Å². The molecule has 0 saturated heterocycles. The van der Waals surface area contributed by atoms with Crippen LogP contribution in [0.2, 0.25) is 0 Å². The molecule has 0 bridgehead atoms. The van der Waals surface area contributed by atoms with Gasteiger partial charge in [0.25, 0.3) is 0 Å². The second-order valence-corrected chi connectivity index (χ2v) is 7.83. The largest absolute Gasteiger partial charge is 0.523 e. The van der Waals surface area contributed by atoms with E-state index in [0.29, 0.717) is 12.8 Å². The summed E-state index contributed by atoms with van der Waals surface area (Å²) >= 11 is 0. The number of esters is 1. The van der Waals surface area contributed by atoms with Crippen molar-refractivity contribution >= 4 is 16.1 Å². The fourth-order valence-electron chi connectivity index (χ4n) is 2.96. The predicted molar refractivity (Wildman–Crippen MR) is 87.3 cm³/mol. The highest BCUT2D eigenvalue weighted by Crippen LogP contribution is 2.35. The van der Waals surface area contributed by atoms with E-state index in [1.54, 1.807) is 12.1 Å². The molecule has 2 unspecified atom stereocenters. The van der Waals surface area contributed by atoms with E-state index in [4.69, 9.17) is 4.74 Å². The van der Waals surface area contributed by atoms with Gasteiger partial charge < -0.3 is 4.74 Å². The monoisotopic (exact) mass is 394 g/mol. The number of halogens is 3. The van der Waals surface area contributed by atoms with Crippen LogP contribution in [0, 0.1) is 5.92 Å². The Morgan fingerprint density at radius 2 is 1.77 bits per heavy atom. The van der Waals surface area contributed by atoms with Crippen LogP contribution >= 0.6 is 0 Å². The molecule has 1 aromatic carbocycles. The number of ether oxygens (including phenoxy) is 1. The minimum absolute atomic E-state index is 0.00340. The maximum Gasteiger partial charge on any atom is 0.523 e. The van der Waals surface area contributed by atoms with Crippen LogP contribution in [0.1, 0.15) is 44.1 Å². The first-order chi connectivity index (χ1) is 12.2. The Bertz CT molecular complexity index is 688. The van der Waals surface area contributed by atoms with E-state index in [0.717, 1.165) is 12.0 Å². The number of carbonyl (C=O) groups excluding carboxylic acids is 1. The summed E-state index contributed by atoms with van der Waals surface area (Å²) in [6, 6.07) is 9.08. The van der Waals surface area contributed by atoms with E-state index in [-0.39, 0.29) is 25.9 Å². The minimum Gasteiger partial charge on any atom is -0.461 e. The Hall–Kier alpha value is -1.61. The van der Waals surface area contributed by atoms with Crippen molar-refractivity contribution in [2.45, 2.75) is 56.7 Å². The molecule has 0 spiro atoms. The Morgan fingerprint density at radius 1 is 1.12 bits per heavy atom. The Morgan fingerprint density at radius 3 is 2.42 bits per heavy atom. The van der Waals surface area contributed by atoms with Gasteiger partial charge in [-0.1, -0.05) is 43.2 Å². The van der Waals surface area contributed by atoms with Gasteiger partial charge in [-0.3, -0.25) is 8.98 Å². The van der Waals surface area contributed by atoms with Crippen molar-refractivity contribution in [1.29, 1.82) is 0 Å². The summed E-state index contributed by atoms with van der Waals surface area (Å²) < 4.78 is 69.5. The van der Waals surface area contributed by atoms with E-state index in [1.165, 1.54) is 0 Å². The van der Waals surface area contributed by atoms with Crippen LogP contribution in [0.4, 0.5) is 13.2 Å². The van der Waals surface area contributed by atoms with Crippen molar-refractivity contribution in [2.24, 2.45) is 5.92 Å². The van der Waals surface area contributed by atoms with Gasteiger partial charge in [-0.25, -0.2) is 0 Å². The molecule has 0 aliphatic heterocycles. The summed E-state index contributed by atoms with van der Waals surface area (Å²) in [7, 11) is -5.63. The SMILES string of the molecule is O=C(CCC1CCCCC1OS(=O)(=O)C(F)(F)F)OCc1ccccc1. The number of rotatable bonds is 7. The maximum atomic E-state index is 12.5. The van der Waals surface area contributed by atoms with Crippen LogP contribution in [0.3, 0.4) is 0 Å². The number of hydrogen-bond acceptors (Lipinski definition) is 5. The first-order valence-electron chi connectivity index (χ1n) is 8.38. The van der Waals surface area contributed by atoms with E-state index < -0.39 is 33.6 Å². The van der Waals surface area contributed by atoms with Crippen molar-refractivity contribution < 1.29 is 35.3 Å². The molecular weight excluding hydrogens is 373 g/mol. The molecule has 1 saturated carbocycles. The first kappa shape index (κ1) is 20.7. The molecule has 26 heavy (non-hydrogen) atoms. The van der Waals surface area contributed by atoms with E-state index in [1.807, 2.05) is 18.2 Å². The predicted octanol–water partition coefficient (Wildman–Crippen LogP) is 3.94. The quantitative estimate of drug-likeness (QED) is 0.398. The molecule has 1 aromatic rings. The number of hydrogen-bond donors (Lipinski definition) is 0. The Labute approximate surface area is 150 Å². The zero-order valence-electron chi connectivity index (χ0n) is 14.1.